The smallest absolute Gasteiger partial charge is 0.263 e. The number of hydrogen-bond acceptors (Lipinski definition) is 6. The SMILES string of the molecule is Cc1cnc(CC#N)cc1-c1ccc2c(ccc3sc4c(c32)NC[C@@H](C)NC4=O)n1. The summed E-state index contributed by atoms with van der Waals surface area (Å²) in [6.45, 7) is 4.67. The van der Waals surface area contributed by atoms with Gasteiger partial charge in [-0.2, -0.15) is 5.26 Å². The van der Waals surface area contributed by atoms with Crippen LogP contribution in [0, 0.1) is 18.3 Å². The van der Waals surface area contributed by atoms with Crippen LogP contribution < -0.4 is 10.6 Å². The molecular weight excluding hydrogens is 394 g/mol. The van der Waals surface area contributed by atoms with Crippen molar-refractivity contribution in [3.8, 4) is 17.3 Å². The van der Waals surface area contributed by atoms with Crippen molar-refractivity contribution in [3.05, 3.63) is 52.7 Å². The number of aromatic nitrogens is 2. The van der Waals surface area contributed by atoms with E-state index in [1.54, 1.807) is 6.20 Å². The normalized spacial score (nSPS) is 15.9. The fraction of sp³-hybridized carbons (Fsp3) is 0.217. The van der Waals surface area contributed by atoms with Gasteiger partial charge in [0.2, 0.25) is 0 Å². The summed E-state index contributed by atoms with van der Waals surface area (Å²) in [5.74, 6) is -0.0288. The molecule has 4 aromatic rings. The minimum absolute atomic E-state index is 0.0288. The van der Waals surface area contributed by atoms with Crippen LogP contribution in [0.15, 0.2) is 36.5 Å². The van der Waals surface area contributed by atoms with E-state index in [4.69, 9.17) is 10.2 Å². The fourth-order valence-corrected chi connectivity index (χ4v) is 4.99. The summed E-state index contributed by atoms with van der Waals surface area (Å²) in [6, 6.07) is 12.3. The van der Waals surface area contributed by atoms with Gasteiger partial charge in [0.25, 0.3) is 5.91 Å². The predicted octanol–water partition coefficient (Wildman–Crippen LogP) is 4.43. The number of benzene rings is 1. The summed E-state index contributed by atoms with van der Waals surface area (Å²) in [5, 5.41) is 17.5. The summed E-state index contributed by atoms with van der Waals surface area (Å²) in [5.41, 5.74) is 5.35. The van der Waals surface area contributed by atoms with Gasteiger partial charge in [-0.1, -0.05) is 0 Å². The van der Waals surface area contributed by atoms with Gasteiger partial charge in [-0.15, -0.1) is 11.3 Å². The Hall–Kier alpha value is -3.50. The van der Waals surface area contributed by atoms with Gasteiger partial charge in [-0.25, -0.2) is 4.98 Å². The summed E-state index contributed by atoms with van der Waals surface area (Å²) in [4.78, 5) is 22.6. The molecule has 1 aliphatic heterocycles. The van der Waals surface area contributed by atoms with Crippen LogP contribution in [-0.4, -0.2) is 28.5 Å². The van der Waals surface area contributed by atoms with E-state index in [0.717, 1.165) is 54.1 Å². The van der Waals surface area contributed by atoms with E-state index in [2.05, 4.69) is 27.8 Å². The molecule has 1 aromatic carbocycles. The first kappa shape index (κ1) is 18.5. The van der Waals surface area contributed by atoms with E-state index in [-0.39, 0.29) is 18.4 Å². The number of anilines is 1. The quantitative estimate of drug-likeness (QED) is 0.507. The largest absolute Gasteiger partial charge is 0.381 e. The number of nitriles is 1. The van der Waals surface area contributed by atoms with Crippen LogP contribution in [0.5, 0.6) is 0 Å². The van der Waals surface area contributed by atoms with E-state index in [9.17, 15) is 4.79 Å². The Morgan fingerprint density at radius 1 is 1.30 bits per heavy atom. The Bertz CT molecular complexity index is 1370. The van der Waals surface area contributed by atoms with Crippen LogP contribution in [0.1, 0.15) is 27.9 Å². The molecule has 0 spiro atoms. The molecule has 0 aliphatic carbocycles. The minimum atomic E-state index is -0.0288. The number of amides is 1. The number of carbonyl (C=O) groups excluding carboxylic acids is 1. The summed E-state index contributed by atoms with van der Waals surface area (Å²) in [6.07, 6.45) is 2.06. The zero-order valence-corrected chi connectivity index (χ0v) is 17.4. The lowest BCUT2D eigenvalue weighted by Gasteiger charge is -2.11. The number of fused-ring (bicyclic) bond motifs is 5. The molecule has 2 N–H and O–H groups in total. The molecule has 1 aliphatic rings. The third-order valence-corrected chi connectivity index (χ3v) is 6.54. The number of pyridine rings is 2. The van der Waals surface area contributed by atoms with Crippen LogP contribution in [0.25, 0.3) is 32.2 Å². The van der Waals surface area contributed by atoms with Gasteiger partial charge in [-0.05, 0) is 49.7 Å². The van der Waals surface area contributed by atoms with Gasteiger partial charge < -0.3 is 10.6 Å². The average Bonchev–Trinajstić information content (AvgIpc) is 3.06. The summed E-state index contributed by atoms with van der Waals surface area (Å²) >= 11 is 1.51. The molecule has 6 nitrogen and oxygen atoms in total. The van der Waals surface area contributed by atoms with Crippen molar-refractivity contribution in [2.75, 3.05) is 11.9 Å². The molecule has 3 aromatic heterocycles. The third-order valence-electron chi connectivity index (χ3n) is 5.39. The van der Waals surface area contributed by atoms with E-state index in [1.165, 1.54) is 11.3 Å². The Morgan fingerprint density at radius 3 is 3.00 bits per heavy atom. The molecule has 0 saturated carbocycles. The number of carbonyl (C=O) groups is 1. The first-order valence-corrected chi connectivity index (χ1v) is 10.6. The molecule has 0 bridgehead atoms. The van der Waals surface area contributed by atoms with Gasteiger partial charge in [0.15, 0.2) is 0 Å². The molecule has 30 heavy (non-hydrogen) atoms. The van der Waals surface area contributed by atoms with Gasteiger partial charge in [-0.3, -0.25) is 9.78 Å². The van der Waals surface area contributed by atoms with Crippen molar-refractivity contribution in [2.24, 2.45) is 0 Å². The highest BCUT2D eigenvalue weighted by Crippen LogP contribution is 2.41. The lowest BCUT2D eigenvalue weighted by molar-refractivity contribution is 0.0949. The van der Waals surface area contributed by atoms with Gasteiger partial charge in [0.05, 0.1) is 35.1 Å². The minimum Gasteiger partial charge on any atom is -0.381 e. The second kappa shape index (κ2) is 7.08. The number of nitrogens with zero attached hydrogens (tertiary/aromatic N) is 3. The highest BCUT2D eigenvalue weighted by molar-refractivity contribution is 7.21. The second-order valence-electron chi connectivity index (χ2n) is 7.59. The fourth-order valence-electron chi connectivity index (χ4n) is 3.90. The molecule has 0 radical (unpaired) electrons. The Balaban J connectivity index is 1.69. The van der Waals surface area contributed by atoms with Crippen molar-refractivity contribution < 1.29 is 4.79 Å². The molecule has 1 atom stereocenters. The van der Waals surface area contributed by atoms with Crippen molar-refractivity contribution >= 4 is 43.9 Å². The molecule has 7 heteroatoms. The molecule has 0 saturated heterocycles. The van der Waals surface area contributed by atoms with Gasteiger partial charge >= 0.3 is 0 Å². The molecule has 1 amide bonds. The standard InChI is InChI=1S/C23H19N5OS/c1-12-10-25-14(7-8-24)9-16(12)18-4-3-15-17(28-18)5-6-19-20(15)21-22(30-19)23(29)27-13(2)11-26-21/h3-6,9-10,13,26H,7,11H2,1-2H3,(H,27,29)/t13-/m1/s1. The van der Waals surface area contributed by atoms with E-state index < -0.39 is 0 Å². The molecule has 148 valence electrons. The topological polar surface area (TPSA) is 90.7 Å². The monoisotopic (exact) mass is 413 g/mol. The maximum absolute atomic E-state index is 12.6. The number of rotatable bonds is 2. The number of thiophene rings is 1. The van der Waals surface area contributed by atoms with Crippen LogP contribution in [0.2, 0.25) is 0 Å². The van der Waals surface area contributed by atoms with E-state index in [0.29, 0.717) is 6.54 Å². The van der Waals surface area contributed by atoms with Crippen LogP contribution in [0.4, 0.5) is 5.69 Å². The zero-order valence-electron chi connectivity index (χ0n) is 16.6. The number of aryl methyl sites for hydroxylation is 1. The third kappa shape index (κ3) is 2.97. The molecule has 5 rings (SSSR count). The van der Waals surface area contributed by atoms with Gasteiger partial charge in [0, 0.05) is 39.8 Å². The highest BCUT2D eigenvalue weighted by atomic mass is 32.1. The van der Waals surface area contributed by atoms with E-state index in [1.807, 2.05) is 38.1 Å². The van der Waals surface area contributed by atoms with Crippen LogP contribution >= 0.6 is 11.3 Å². The van der Waals surface area contributed by atoms with Crippen molar-refractivity contribution in [1.82, 2.24) is 15.3 Å². The lowest BCUT2D eigenvalue weighted by atomic mass is 10.0. The van der Waals surface area contributed by atoms with Crippen molar-refractivity contribution in [2.45, 2.75) is 26.3 Å². The van der Waals surface area contributed by atoms with Crippen molar-refractivity contribution in [1.29, 1.82) is 5.26 Å². The predicted molar refractivity (Wildman–Crippen MR) is 120 cm³/mol. The number of hydrogen-bond donors (Lipinski definition) is 2. The Morgan fingerprint density at radius 2 is 2.17 bits per heavy atom. The number of nitrogens with one attached hydrogen (secondary N) is 2. The highest BCUT2D eigenvalue weighted by Gasteiger charge is 2.24. The maximum Gasteiger partial charge on any atom is 0.263 e. The second-order valence-corrected chi connectivity index (χ2v) is 8.64. The van der Waals surface area contributed by atoms with Crippen LogP contribution in [0.3, 0.4) is 0 Å². The zero-order chi connectivity index (χ0) is 20.8. The van der Waals surface area contributed by atoms with Crippen molar-refractivity contribution in [3.63, 3.8) is 0 Å². The first-order valence-electron chi connectivity index (χ1n) is 9.79. The summed E-state index contributed by atoms with van der Waals surface area (Å²) in [7, 11) is 0. The van der Waals surface area contributed by atoms with Gasteiger partial charge in [0.1, 0.15) is 4.88 Å². The molecular formula is C23H19N5OS. The molecule has 4 heterocycles. The molecule has 0 fully saturated rings. The maximum atomic E-state index is 12.6. The van der Waals surface area contributed by atoms with E-state index >= 15 is 0 Å². The Kier molecular flexibility index (Phi) is 4.37. The lowest BCUT2D eigenvalue weighted by Crippen LogP contribution is -2.34. The molecule has 0 unspecified atom stereocenters. The van der Waals surface area contributed by atoms with Crippen LogP contribution in [-0.2, 0) is 6.42 Å². The first-order chi connectivity index (χ1) is 14.5. The average molecular weight is 414 g/mol. The summed E-state index contributed by atoms with van der Waals surface area (Å²) < 4.78 is 1.07. The Labute approximate surface area is 177 Å².